The van der Waals surface area contributed by atoms with Crippen molar-refractivity contribution in [3.63, 3.8) is 0 Å². The molecule has 1 aromatic rings. The first kappa shape index (κ1) is 13.4. The van der Waals surface area contributed by atoms with Crippen molar-refractivity contribution in [2.75, 3.05) is 12.8 Å². The molecule has 0 radical (unpaired) electrons. The third kappa shape index (κ3) is 2.70. The Morgan fingerprint density at radius 2 is 2.06 bits per heavy atom. The molecule has 100 valence electrons. The van der Waals surface area contributed by atoms with E-state index in [1.165, 1.54) is 6.07 Å². The molecule has 0 spiro atoms. The Bertz CT molecular complexity index is 551. The van der Waals surface area contributed by atoms with E-state index in [0.717, 1.165) is 31.7 Å². The van der Waals surface area contributed by atoms with Crippen molar-refractivity contribution >= 4 is 9.84 Å². The minimum absolute atomic E-state index is 0.142. The van der Waals surface area contributed by atoms with E-state index >= 15 is 0 Å². The van der Waals surface area contributed by atoms with Crippen LogP contribution < -0.4 is 5.32 Å². The van der Waals surface area contributed by atoms with Gasteiger partial charge in [0.05, 0.1) is 0 Å². The SMILES string of the molecule is CS(=O)(=O)c1ccc(CC2CCCN2)c(F)c1F. The van der Waals surface area contributed by atoms with Crippen molar-refractivity contribution in [2.24, 2.45) is 0 Å². The van der Waals surface area contributed by atoms with Crippen LogP contribution in [0.25, 0.3) is 0 Å². The van der Waals surface area contributed by atoms with Gasteiger partial charge in [0.15, 0.2) is 21.5 Å². The maximum absolute atomic E-state index is 13.8. The van der Waals surface area contributed by atoms with Gasteiger partial charge in [-0.15, -0.1) is 0 Å². The quantitative estimate of drug-likeness (QED) is 0.912. The van der Waals surface area contributed by atoms with Gasteiger partial charge in [0.2, 0.25) is 0 Å². The zero-order valence-corrected chi connectivity index (χ0v) is 10.9. The summed E-state index contributed by atoms with van der Waals surface area (Å²) in [5.74, 6) is -2.32. The lowest BCUT2D eigenvalue weighted by Crippen LogP contribution is -2.24. The van der Waals surface area contributed by atoms with Gasteiger partial charge in [-0.2, -0.15) is 0 Å². The summed E-state index contributed by atoms with van der Waals surface area (Å²) >= 11 is 0. The zero-order chi connectivity index (χ0) is 13.3. The molecule has 1 heterocycles. The second kappa shape index (κ2) is 4.93. The van der Waals surface area contributed by atoms with E-state index in [0.29, 0.717) is 6.42 Å². The van der Waals surface area contributed by atoms with Crippen molar-refractivity contribution in [3.05, 3.63) is 29.3 Å². The van der Waals surface area contributed by atoms with Crippen LogP contribution in [0.1, 0.15) is 18.4 Å². The number of nitrogens with one attached hydrogen (secondary N) is 1. The Balaban J connectivity index is 2.31. The van der Waals surface area contributed by atoms with Crippen LogP contribution in [0.15, 0.2) is 17.0 Å². The highest BCUT2D eigenvalue weighted by atomic mass is 32.2. The average molecular weight is 275 g/mol. The van der Waals surface area contributed by atoms with Crippen LogP contribution in [0.4, 0.5) is 8.78 Å². The van der Waals surface area contributed by atoms with Crippen molar-refractivity contribution in [3.8, 4) is 0 Å². The molecule has 1 unspecified atom stereocenters. The summed E-state index contributed by atoms with van der Waals surface area (Å²) in [6, 6.07) is 2.63. The molecule has 0 amide bonds. The smallest absolute Gasteiger partial charge is 0.178 e. The molecule has 0 aromatic heterocycles. The van der Waals surface area contributed by atoms with E-state index in [1.807, 2.05) is 0 Å². The van der Waals surface area contributed by atoms with Crippen LogP contribution in [0.3, 0.4) is 0 Å². The fraction of sp³-hybridized carbons (Fsp3) is 0.500. The van der Waals surface area contributed by atoms with E-state index in [9.17, 15) is 17.2 Å². The van der Waals surface area contributed by atoms with Crippen LogP contribution in [0.5, 0.6) is 0 Å². The highest BCUT2D eigenvalue weighted by Crippen LogP contribution is 2.22. The largest absolute Gasteiger partial charge is 0.314 e. The number of rotatable bonds is 3. The highest BCUT2D eigenvalue weighted by Gasteiger charge is 2.22. The summed E-state index contributed by atoms with van der Waals surface area (Å²) in [7, 11) is -3.73. The molecule has 18 heavy (non-hydrogen) atoms. The molecule has 2 rings (SSSR count). The molecule has 1 aliphatic rings. The molecular formula is C12H15F2NO2S. The van der Waals surface area contributed by atoms with Gasteiger partial charge in [-0.05, 0) is 37.4 Å². The summed E-state index contributed by atoms with van der Waals surface area (Å²) < 4.78 is 49.9. The van der Waals surface area contributed by atoms with Gasteiger partial charge >= 0.3 is 0 Å². The lowest BCUT2D eigenvalue weighted by molar-refractivity contribution is 0.469. The fourth-order valence-corrected chi connectivity index (χ4v) is 2.94. The molecule has 1 atom stereocenters. The first-order valence-corrected chi connectivity index (χ1v) is 7.69. The second-order valence-corrected chi connectivity index (χ2v) is 6.60. The normalized spacial score (nSPS) is 20.3. The van der Waals surface area contributed by atoms with E-state index < -0.39 is 26.4 Å². The maximum Gasteiger partial charge on any atom is 0.178 e. The molecule has 1 saturated heterocycles. The van der Waals surface area contributed by atoms with Gasteiger partial charge in [-0.1, -0.05) is 6.07 Å². The third-order valence-corrected chi connectivity index (χ3v) is 4.27. The Morgan fingerprint density at radius 1 is 1.33 bits per heavy atom. The van der Waals surface area contributed by atoms with Crippen LogP contribution in [-0.4, -0.2) is 27.3 Å². The average Bonchev–Trinajstić information content (AvgIpc) is 2.76. The minimum atomic E-state index is -3.73. The van der Waals surface area contributed by atoms with E-state index in [-0.39, 0.29) is 11.6 Å². The molecule has 1 aromatic carbocycles. The predicted octanol–water partition coefficient (Wildman–Crippen LogP) is 1.66. The monoisotopic (exact) mass is 275 g/mol. The van der Waals surface area contributed by atoms with E-state index in [2.05, 4.69) is 5.32 Å². The lowest BCUT2D eigenvalue weighted by Gasteiger charge is -2.12. The summed E-state index contributed by atoms with van der Waals surface area (Å²) in [5, 5.41) is 3.19. The topological polar surface area (TPSA) is 46.2 Å². The fourth-order valence-electron chi connectivity index (χ4n) is 2.21. The molecule has 1 N–H and O–H groups in total. The van der Waals surface area contributed by atoms with Crippen LogP contribution >= 0.6 is 0 Å². The summed E-state index contributed by atoms with van der Waals surface area (Å²) in [6.45, 7) is 0.885. The van der Waals surface area contributed by atoms with Crippen LogP contribution in [-0.2, 0) is 16.3 Å². The molecule has 0 bridgehead atoms. The van der Waals surface area contributed by atoms with Crippen LogP contribution in [0.2, 0.25) is 0 Å². The number of sulfone groups is 1. The molecule has 0 saturated carbocycles. The van der Waals surface area contributed by atoms with Gasteiger partial charge in [-0.3, -0.25) is 0 Å². The van der Waals surface area contributed by atoms with E-state index in [1.54, 1.807) is 0 Å². The Labute approximate surface area is 105 Å². The standard InChI is InChI=1S/C12H15F2NO2S/c1-18(16,17)10-5-4-8(11(13)12(10)14)7-9-3-2-6-15-9/h4-5,9,15H,2-3,6-7H2,1H3. The predicted molar refractivity (Wildman–Crippen MR) is 64.2 cm³/mol. The molecular weight excluding hydrogens is 260 g/mol. The second-order valence-electron chi connectivity index (χ2n) is 4.62. The van der Waals surface area contributed by atoms with Crippen molar-refractivity contribution in [2.45, 2.75) is 30.2 Å². The van der Waals surface area contributed by atoms with Gasteiger partial charge in [-0.25, -0.2) is 17.2 Å². The molecule has 1 fully saturated rings. The number of halogens is 2. The van der Waals surface area contributed by atoms with Crippen molar-refractivity contribution < 1.29 is 17.2 Å². The Morgan fingerprint density at radius 3 is 2.61 bits per heavy atom. The van der Waals surface area contributed by atoms with Gasteiger partial charge in [0, 0.05) is 12.3 Å². The minimum Gasteiger partial charge on any atom is -0.314 e. The molecule has 6 heteroatoms. The first-order chi connectivity index (χ1) is 8.39. The molecule has 3 nitrogen and oxygen atoms in total. The summed E-state index contributed by atoms with van der Waals surface area (Å²) in [5.41, 5.74) is 0.222. The number of hydrogen-bond donors (Lipinski definition) is 1. The Hall–Kier alpha value is -1.01. The van der Waals surface area contributed by atoms with Gasteiger partial charge in [0.25, 0.3) is 0 Å². The van der Waals surface area contributed by atoms with Crippen molar-refractivity contribution in [1.29, 1.82) is 0 Å². The highest BCUT2D eigenvalue weighted by molar-refractivity contribution is 7.90. The third-order valence-electron chi connectivity index (χ3n) is 3.16. The number of benzene rings is 1. The Kier molecular flexibility index (Phi) is 3.68. The van der Waals surface area contributed by atoms with Crippen LogP contribution in [0, 0.1) is 11.6 Å². The first-order valence-electron chi connectivity index (χ1n) is 5.80. The summed E-state index contributed by atoms with van der Waals surface area (Å²) in [6.07, 6.45) is 3.20. The molecule has 1 aliphatic heterocycles. The summed E-state index contributed by atoms with van der Waals surface area (Å²) in [4.78, 5) is -0.580. The van der Waals surface area contributed by atoms with Crippen molar-refractivity contribution in [1.82, 2.24) is 5.32 Å². The van der Waals surface area contributed by atoms with Gasteiger partial charge in [0.1, 0.15) is 4.90 Å². The number of hydrogen-bond acceptors (Lipinski definition) is 3. The van der Waals surface area contributed by atoms with Gasteiger partial charge < -0.3 is 5.32 Å². The maximum atomic E-state index is 13.8. The van der Waals surface area contributed by atoms with E-state index in [4.69, 9.17) is 0 Å². The lowest BCUT2D eigenvalue weighted by atomic mass is 10.0. The zero-order valence-electron chi connectivity index (χ0n) is 10.0. The molecule has 0 aliphatic carbocycles.